The van der Waals surface area contributed by atoms with Crippen molar-refractivity contribution in [3.63, 3.8) is 0 Å². The average molecular weight is 677 g/mol. The van der Waals surface area contributed by atoms with Crippen LogP contribution < -0.4 is 4.74 Å². The van der Waals surface area contributed by atoms with Gasteiger partial charge in [0.1, 0.15) is 24.0 Å². The molecule has 0 fully saturated rings. The molecule has 1 aliphatic heterocycles. The number of carbonyl (C=O) groups excluding carboxylic acids is 2. The molecule has 3 aromatic carbocycles. The molecule has 0 aliphatic carbocycles. The Morgan fingerprint density at radius 3 is 2.34 bits per heavy atom. The van der Waals surface area contributed by atoms with Crippen LogP contribution in [0.4, 0.5) is 0 Å². The Bertz CT molecular complexity index is 2010. The van der Waals surface area contributed by atoms with E-state index in [0.29, 0.717) is 31.9 Å². The number of fused-ring (bicyclic) bond motifs is 6. The molecule has 0 saturated carbocycles. The van der Waals surface area contributed by atoms with Crippen molar-refractivity contribution >= 4 is 33.6 Å². The quantitative estimate of drug-likeness (QED) is 0.129. The van der Waals surface area contributed by atoms with Crippen LogP contribution in [-0.4, -0.2) is 54.1 Å². The largest absolute Gasteiger partial charge is 0.488 e. The lowest BCUT2D eigenvalue weighted by atomic mass is 9.92. The normalized spacial score (nSPS) is 14.3. The van der Waals surface area contributed by atoms with Crippen molar-refractivity contribution in [3.05, 3.63) is 65.9 Å². The number of aromatic nitrogens is 4. The number of nitrogens with zero attached hydrogens (tertiary/aromatic N) is 4. The molecule has 1 aliphatic rings. The minimum Gasteiger partial charge on any atom is -0.488 e. The third-order valence-electron chi connectivity index (χ3n) is 10.1. The number of benzene rings is 3. The topological polar surface area (TPSA) is 107 Å². The molecule has 5 aromatic rings. The van der Waals surface area contributed by atoms with Gasteiger partial charge in [0.2, 0.25) is 11.8 Å². The minimum atomic E-state index is -0.168. The summed E-state index contributed by atoms with van der Waals surface area (Å²) in [6, 6.07) is 14.8. The molecule has 2 N–H and O–H groups in total. The first-order chi connectivity index (χ1) is 24.0. The lowest BCUT2D eigenvalue weighted by Crippen LogP contribution is -2.40. The van der Waals surface area contributed by atoms with Crippen molar-refractivity contribution in [2.24, 2.45) is 5.92 Å². The summed E-state index contributed by atoms with van der Waals surface area (Å²) in [6.45, 7) is 17.9. The molecule has 3 heterocycles. The molecular formula is C41H52N6O3. The van der Waals surface area contributed by atoms with Crippen LogP contribution in [0.3, 0.4) is 0 Å². The van der Waals surface area contributed by atoms with Crippen molar-refractivity contribution in [1.82, 2.24) is 29.7 Å². The van der Waals surface area contributed by atoms with Crippen LogP contribution in [0.5, 0.6) is 5.75 Å². The lowest BCUT2D eigenvalue weighted by Gasteiger charge is -2.33. The van der Waals surface area contributed by atoms with Gasteiger partial charge in [0, 0.05) is 36.4 Å². The molecule has 50 heavy (non-hydrogen) atoms. The zero-order chi connectivity index (χ0) is 35.7. The Balaban J connectivity index is 1.29. The van der Waals surface area contributed by atoms with Gasteiger partial charge in [0.05, 0.1) is 35.0 Å². The van der Waals surface area contributed by atoms with Gasteiger partial charge in [-0.3, -0.25) is 9.59 Å². The molecule has 264 valence electrons. The van der Waals surface area contributed by atoms with Crippen LogP contribution in [0.15, 0.2) is 48.7 Å². The molecule has 0 saturated heterocycles. The SMILES string of the molecule is CCCC(=O)N(CC(C)C)[C@@H](C)c1ncc(-c2ccc3c(c2)COc2cc4c(ccc5nc([C@H](C)N(C(=O)CCC)[C@@H](C)CC)[nH]c54)cc2-3)[nH]1. The lowest BCUT2D eigenvalue weighted by molar-refractivity contribution is -0.136. The summed E-state index contributed by atoms with van der Waals surface area (Å²) >= 11 is 0. The third-order valence-corrected chi connectivity index (χ3v) is 10.1. The van der Waals surface area contributed by atoms with Gasteiger partial charge in [-0.2, -0.15) is 0 Å². The number of hydrogen-bond acceptors (Lipinski definition) is 5. The number of rotatable bonds is 13. The van der Waals surface area contributed by atoms with E-state index in [-0.39, 0.29) is 29.9 Å². The van der Waals surface area contributed by atoms with E-state index in [1.165, 1.54) is 0 Å². The number of hydrogen-bond donors (Lipinski definition) is 2. The molecular weight excluding hydrogens is 624 g/mol. The first-order valence-electron chi connectivity index (χ1n) is 18.4. The highest BCUT2D eigenvalue weighted by Gasteiger charge is 2.28. The highest BCUT2D eigenvalue weighted by Crippen LogP contribution is 2.43. The third kappa shape index (κ3) is 6.74. The highest BCUT2D eigenvalue weighted by atomic mass is 16.5. The predicted octanol–water partition coefficient (Wildman–Crippen LogP) is 9.50. The Labute approximate surface area is 295 Å². The maximum absolute atomic E-state index is 13.1. The van der Waals surface area contributed by atoms with Crippen LogP contribution >= 0.6 is 0 Å². The van der Waals surface area contributed by atoms with Crippen LogP contribution in [0.2, 0.25) is 0 Å². The summed E-state index contributed by atoms with van der Waals surface area (Å²) < 4.78 is 6.40. The van der Waals surface area contributed by atoms with E-state index < -0.39 is 0 Å². The van der Waals surface area contributed by atoms with E-state index in [1.54, 1.807) is 0 Å². The summed E-state index contributed by atoms with van der Waals surface area (Å²) in [5.41, 5.74) is 7.10. The van der Waals surface area contributed by atoms with Crippen molar-refractivity contribution in [2.75, 3.05) is 6.54 Å². The Morgan fingerprint density at radius 2 is 1.62 bits per heavy atom. The first-order valence-corrected chi connectivity index (χ1v) is 18.4. The second kappa shape index (κ2) is 14.7. The number of ether oxygens (including phenoxy) is 1. The fraction of sp³-hybridized carbons (Fsp3) is 0.463. The molecule has 0 unspecified atom stereocenters. The van der Waals surface area contributed by atoms with Crippen LogP contribution in [-0.2, 0) is 16.2 Å². The van der Waals surface area contributed by atoms with Gasteiger partial charge in [-0.1, -0.05) is 52.8 Å². The average Bonchev–Trinajstić information content (AvgIpc) is 3.78. The van der Waals surface area contributed by atoms with Gasteiger partial charge in [-0.15, -0.1) is 0 Å². The van der Waals surface area contributed by atoms with Gasteiger partial charge in [0.15, 0.2) is 0 Å². The van der Waals surface area contributed by atoms with Gasteiger partial charge in [-0.25, -0.2) is 9.97 Å². The van der Waals surface area contributed by atoms with Gasteiger partial charge in [-0.05, 0) is 92.3 Å². The summed E-state index contributed by atoms with van der Waals surface area (Å²) in [4.78, 5) is 46.8. The van der Waals surface area contributed by atoms with E-state index in [2.05, 4.69) is 94.0 Å². The maximum atomic E-state index is 13.1. The van der Waals surface area contributed by atoms with Crippen molar-refractivity contribution in [3.8, 4) is 28.1 Å². The zero-order valence-electron chi connectivity index (χ0n) is 30.9. The summed E-state index contributed by atoms with van der Waals surface area (Å²) in [6.07, 6.45) is 5.47. The molecule has 6 rings (SSSR count). The molecule has 2 amide bonds. The number of carbonyl (C=O) groups is 2. The van der Waals surface area contributed by atoms with E-state index in [4.69, 9.17) is 14.7 Å². The standard InChI is InChI=1S/C41H52N6O3/c1-9-12-37(48)46(22-24(4)5)26(7)40-42-21-35(44-40)29-14-16-31-30(18-29)23-50-36-20-32-28(19-33(31)36)15-17-34-39(32)45-41(43-34)27(8)47(25(6)11-3)38(49)13-10-2/h14-21,24-27H,9-13,22-23H2,1-8H3,(H,42,44)(H,43,45)/t25-,26-,27-/m0/s1. The molecule has 3 atom stereocenters. The fourth-order valence-electron chi connectivity index (χ4n) is 7.26. The van der Waals surface area contributed by atoms with E-state index in [1.807, 2.05) is 29.8 Å². The molecule has 2 aromatic heterocycles. The molecule has 0 spiro atoms. The molecule has 0 radical (unpaired) electrons. The highest BCUT2D eigenvalue weighted by molar-refractivity contribution is 6.07. The second-order valence-electron chi connectivity index (χ2n) is 14.3. The number of nitrogens with one attached hydrogen (secondary N) is 2. The molecule has 9 heteroatoms. The molecule has 0 bridgehead atoms. The van der Waals surface area contributed by atoms with E-state index in [9.17, 15) is 9.59 Å². The summed E-state index contributed by atoms with van der Waals surface area (Å²) in [5.74, 6) is 3.13. The monoisotopic (exact) mass is 676 g/mol. The Kier molecular flexibility index (Phi) is 10.3. The fourth-order valence-corrected chi connectivity index (χ4v) is 7.26. The maximum Gasteiger partial charge on any atom is 0.223 e. The Hall–Kier alpha value is -4.66. The van der Waals surface area contributed by atoms with Gasteiger partial charge in [0.25, 0.3) is 0 Å². The smallest absolute Gasteiger partial charge is 0.223 e. The van der Waals surface area contributed by atoms with Crippen molar-refractivity contribution < 1.29 is 14.3 Å². The first kappa shape index (κ1) is 35.2. The molecule has 9 nitrogen and oxygen atoms in total. The minimum absolute atomic E-state index is 0.121. The van der Waals surface area contributed by atoms with Crippen LogP contribution in [0.25, 0.3) is 44.2 Å². The van der Waals surface area contributed by atoms with Crippen molar-refractivity contribution in [1.29, 1.82) is 0 Å². The second-order valence-corrected chi connectivity index (χ2v) is 14.3. The van der Waals surface area contributed by atoms with Gasteiger partial charge >= 0.3 is 0 Å². The number of amides is 2. The number of H-pyrrole nitrogens is 2. The summed E-state index contributed by atoms with van der Waals surface area (Å²) in [5, 5.41) is 2.14. The van der Waals surface area contributed by atoms with Crippen LogP contribution in [0.1, 0.15) is 117 Å². The van der Waals surface area contributed by atoms with E-state index in [0.717, 1.165) is 86.4 Å². The van der Waals surface area contributed by atoms with Crippen LogP contribution in [0, 0.1) is 5.92 Å². The van der Waals surface area contributed by atoms with E-state index >= 15 is 0 Å². The van der Waals surface area contributed by atoms with Crippen molar-refractivity contribution in [2.45, 2.75) is 112 Å². The summed E-state index contributed by atoms with van der Waals surface area (Å²) in [7, 11) is 0. The van der Waals surface area contributed by atoms with Gasteiger partial charge < -0.3 is 24.5 Å². The number of imidazole rings is 2. The zero-order valence-corrected chi connectivity index (χ0v) is 30.9. The number of aromatic amines is 2. The Morgan fingerprint density at radius 1 is 0.860 bits per heavy atom. The predicted molar refractivity (Wildman–Crippen MR) is 201 cm³/mol.